The van der Waals surface area contributed by atoms with E-state index in [1.165, 1.54) is 0 Å². The molecule has 3 aromatic rings. The third kappa shape index (κ3) is 3.11. The molecule has 7 heteroatoms. The first-order valence-corrected chi connectivity index (χ1v) is 8.15. The molecule has 0 atom stereocenters. The van der Waals surface area contributed by atoms with Crippen LogP contribution in [0.1, 0.15) is 35.9 Å². The van der Waals surface area contributed by atoms with Crippen molar-refractivity contribution in [3.63, 3.8) is 0 Å². The highest BCUT2D eigenvalue weighted by Gasteiger charge is 2.20. The van der Waals surface area contributed by atoms with Crippen LogP contribution in [0.2, 0.25) is 0 Å². The molecule has 7 nitrogen and oxygen atoms in total. The van der Waals surface area contributed by atoms with Crippen LogP contribution in [0.15, 0.2) is 42.5 Å². The summed E-state index contributed by atoms with van der Waals surface area (Å²) in [4.78, 5) is 11.8. The highest BCUT2D eigenvalue weighted by molar-refractivity contribution is 5.90. The van der Waals surface area contributed by atoms with Gasteiger partial charge in [-0.3, -0.25) is 9.36 Å². The molecular weight excluding hydrogens is 332 g/mol. The number of nitrogens with two attached hydrogens (primary N) is 1. The summed E-state index contributed by atoms with van der Waals surface area (Å²) < 4.78 is 6.77. The average Bonchev–Trinajstić information content (AvgIpc) is 3.07. The molecule has 0 radical (unpaired) electrons. The van der Waals surface area contributed by atoms with Gasteiger partial charge in [0.25, 0.3) is 5.91 Å². The van der Waals surface area contributed by atoms with Crippen LogP contribution in [0.25, 0.3) is 17.1 Å². The molecule has 0 fully saturated rings. The van der Waals surface area contributed by atoms with Gasteiger partial charge in [0.2, 0.25) is 5.82 Å². The predicted octanol–water partition coefficient (Wildman–Crippen LogP) is 2.87. The summed E-state index contributed by atoms with van der Waals surface area (Å²) in [6, 6.07) is 12.3. The van der Waals surface area contributed by atoms with Crippen molar-refractivity contribution in [2.24, 2.45) is 5.73 Å². The number of rotatable bonds is 5. The number of hydrogen-bond donors (Lipinski definition) is 2. The number of nitrogens with zero attached hydrogens (tertiary/aromatic N) is 3. The largest absolute Gasteiger partial charge is 0.508 e. The maximum absolute atomic E-state index is 11.8. The first-order chi connectivity index (χ1) is 12.4. The summed E-state index contributed by atoms with van der Waals surface area (Å²) in [7, 11) is 1.58. The van der Waals surface area contributed by atoms with Crippen molar-refractivity contribution < 1.29 is 14.6 Å². The molecule has 0 saturated carbocycles. The van der Waals surface area contributed by atoms with E-state index in [1.54, 1.807) is 48.1 Å². The van der Waals surface area contributed by atoms with Crippen LogP contribution in [0.4, 0.5) is 0 Å². The third-order valence-corrected chi connectivity index (χ3v) is 4.12. The van der Waals surface area contributed by atoms with E-state index >= 15 is 0 Å². The minimum Gasteiger partial charge on any atom is -0.508 e. The van der Waals surface area contributed by atoms with E-state index in [0.717, 1.165) is 11.1 Å². The zero-order valence-electron chi connectivity index (χ0n) is 14.8. The molecule has 3 N–H and O–H groups in total. The lowest BCUT2D eigenvalue weighted by Crippen LogP contribution is -2.17. The third-order valence-electron chi connectivity index (χ3n) is 4.12. The molecule has 0 aliphatic heterocycles. The Morgan fingerprint density at radius 1 is 1.15 bits per heavy atom. The smallest absolute Gasteiger partial charge is 0.287 e. The second-order valence-corrected chi connectivity index (χ2v) is 6.17. The lowest BCUT2D eigenvalue weighted by molar-refractivity contribution is 0.0988. The fraction of sp³-hybridized carbons (Fsp3) is 0.211. The summed E-state index contributed by atoms with van der Waals surface area (Å²) >= 11 is 0. The van der Waals surface area contributed by atoms with Gasteiger partial charge in [0.05, 0.1) is 7.11 Å². The van der Waals surface area contributed by atoms with Crippen molar-refractivity contribution in [2.45, 2.75) is 19.8 Å². The van der Waals surface area contributed by atoms with E-state index in [0.29, 0.717) is 17.3 Å². The van der Waals surface area contributed by atoms with E-state index in [1.807, 2.05) is 19.9 Å². The predicted molar refractivity (Wildman–Crippen MR) is 97.6 cm³/mol. The van der Waals surface area contributed by atoms with E-state index in [4.69, 9.17) is 10.5 Å². The number of primary amides is 1. The minimum atomic E-state index is -0.678. The molecular formula is C19H20N4O3. The van der Waals surface area contributed by atoms with Gasteiger partial charge < -0.3 is 15.6 Å². The van der Waals surface area contributed by atoms with E-state index in [2.05, 4.69) is 10.2 Å². The van der Waals surface area contributed by atoms with Gasteiger partial charge in [-0.15, -0.1) is 10.2 Å². The van der Waals surface area contributed by atoms with Crippen molar-refractivity contribution in [1.29, 1.82) is 0 Å². The van der Waals surface area contributed by atoms with Crippen LogP contribution in [0.5, 0.6) is 11.5 Å². The summed E-state index contributed by atoms with van der Waals surface area (Å²) in [5.41, 5.74) is 7.66. The van der Waals surface area contributed by atoms with Crippen molar-refractivity contribution in [3.05, 3.63) is 53.9 Å². The average molecular weight is 352 g/mol. The number of phenols is 1. The molecule has 1 heterocycles. The lowest BCUT2D eigenvalue weighted by Gasteiger charge is -2.13. The Balaban J connectivity index is 2.20. The maximum atomic E-state index is 11.8. The number of amides is 1. The van der Waals surface area contributed by atoms with Crippen molar-refractivity contribution in [1.82, 2.24) is 14.8 Å². The molecule has 0 aliphatic rings. The molecule has 0 aliphatic carbocycles. The number of ether oxygens (including phenoxy) is 1. The summed E-state index contributed by atoms with van der Waals surface area (Å²) in [5.74, 6) is 0.852. The summed E-state index contributed by atoms with van der Waals surface area (Å²) in [6.07, 6.45) is 0. The van der Waals surface area contributed by atoms with Crippen LogP contribution >= 0.6 is 0 Å². The zero-order valence-corrected chi connectivity index (χ0v) is 14.8. The number of carbonyl (C=O) groups excluding carboxylic acids is 1. The number of carbonyl (C=O) groups is 1. The van der Waals surface area contributed by atoms with Gasteiger partial charge in [-0.1, -0.05) is 13.8 Å². The van der Waals surface area contributed by atoms with E-state index in [9.17, 15) is 9.90 Å². The van der Waals surface area contributed by atoms with Crippen molar-refractivity contribution in [2.75, 3.05) is 7.11 Å². The van der Waals surface area contributed by atoms with Crippen LogP contribution < -0.4 is 10.5 Å². The standard InChI is InChI=1S/C19H20N4O3/c1-11(2)15-10-12(4-9-16(15)24)18-21-22-19(17(20)25)23(18)13-5-7-14(26-3)8-6-13/h4-11,24H,1-3H3,(H2,20,25). The Bertz CT molecular complexity index is 946. The normalized spacial score (nSPS) is 10.9. The topological polar surface area (TPSA) is 103 Å². The molecule has 26 heavy (non-hydrogen) atoms. The van der Waals surface area contributed by atoms with Gasteiger partial charge in [-0.05, 0) is 53.9 Å². The SMILES string of the molecule is COc1ccc(-n2c(C(N)=O)nnc2-c2ccc(O)c(C(C)C)c2)cc1. The minimum absolute atomic E-state index is 0.0318. The Kier molecular flexibility index (Phi) is 4.62. The van der Waals surface area contributed by atoms with Gasteiger partial charge >= 0.3 is 0 Å². The van der Waals surface area contributed by atoms with Crippen LogP contribution in [0, 0.1) is 0 Å². The molecule has 0 unspecified atom stereocenters. The van der Waals surface area contributed by atoms with Gasteiger partial charge in [-0.2, -0.15) is 0 Å². The number of hydrogen-bond acceptors (Lipinski definition) is 5. The molecule has 134 valence electrons. The summed E-state index contributed by atoms with van der Waals surface area (Å²) in [5, 5.41) is 18.2. The van der Waals surface area contributed by atoms with Crippen LogP contribution in [-0.2, 0) is 0 Å². The molecule has 0 bridgehead atoms. The maximum Gasteiger partial charge on any atom is 0.287 e. The Morgan fingerprint density at radius 3 is 2.42 bits per heavy atom. The first kappa shape index (κ1) is 17.5. The van der Waals surface area contributed by atoms with E-state index in [-0.39, 0.29) is 17.5 Å². The van der Waals surface area contributed by atoms with Crippen LogP contribution in [0.3, 0.4) is 0 Å². The second-order valence-electron chi connectivity index (χ2n) is 6.17. The fourth-order valence-corrected chi connectivity index (χ4v) is 2.76. The Hall–Kier alpha value is -3.35. The highest BCUT2D eigenvalue weighted by Crippen LogP contribution is 2.31. The van der Waals surface area contributed by atoms with Crippen molar-refractivity contribution >= 4 is 5.91 Å². The van der Waals surface area contributed by atoms with Crippen LogP contribution in [-0.4, -0.2) is 32.9 Å². The monoisotopic (exact) mass is 352 g/mol. The number of phenolic OH excluding ortho intramolecular Hbond substituents is 1. The number of aromatic hydroxyl groups is 1. The first-order valence-electron chi connectivity index (χ1n) is 8.15. The fourth-order valence-electron chi connectivity index (χ4n) is 2.76. The number of methoxy groups -OCH3 is 1. The molecule has 2 aromatic carbocycles. The lowest BCUT2D eigenvalue weighted by atomic mass is 9.99. The Labute approximate surface area is 151 Å². The molecule has 1 amide bonds. The molecule has 0 saturated heterocycles. The molecule has 1 aromatic heterocycles. The Morgan fingerprint density at radius 2 is 1.85 bits per heavy atom. The second kappa shape index (κ2) is 6.87. The summed E-state index contributed by atoms with van der Waals surface area (Å²) in [6.45, 7) is 3.98. The van der Waals surface area contributed by atoms with Gasteiger partial charge in [0.1, 0.15) is 11.5 Å². The van der Waals surface area contributed by atoms with Crippen molar-refractivity contribution in [3.8, 4) is 28.6 Å². The number of benzene rings is 2. The number of aromatic nitrogens is 3. The van der Waals surface area contributed by atoms with Gasteiger partial charge in [-0.25, -0.2) is 0 Å². The van der Waals surface area contributed by atoms with Gasteiger partial charge in [0, 0.05) is 11.3 Å². The molecule has 3 rings (SSSR count). The van der Waals surface area contributed by atoms with Gasteiger partial charge in [0.15, 0.2) is 5.82 Å². The van der Waals surface area contributed by atoms with E-state index < -0.39 is 5.91 Å². The zero-order chi connectivity index (χ0) is 18.8. The highest BCUT2D eigenvalue weighted by atomic mass is 16.5. The molecule has 0 spiro atoms. The quantitative estimate of drug-likeness (QED) is 0.735.